The zero-order chi connectivity index (χ0) is 12.8. The van der Waals surface area contributed by atoms with Crippen LogP contribution in [-0.2, 0) is 14.3 Å². The van der Waals surface area contributed by atoms with Gasteiger partial charge in [-0.1, -0.05) is 0 Å². The van der Waals surface area contributed by atoms with Crippen molar-refractivity contribution in [2.75, 3.05) is 18.6 Å². The van der Waals surface area contributed by atoms with Crippen molar-refractivity contribution in [3.63, 3.8) is 0 Å². The van der Waals surface area contributed by atoms with Gasteiger partial charge in [-0.3, -0.25) is 0 Å². The number of carbonyl (C=O) groups excluding carboxylic acids is 2. The van der Waals surface area contributed by atoms with Crippen LogP contribution in [0.2, 0.25) is 0 Å². The Kier molecular flexibility index (Phi) is 13.5. The minimum absolute atomic E-state index is 0. The molecule has 3 N–H and O–H groups in total. The molecule has 1 amide bonds. The quantitative estimate of drug-likeness (QED) is 0.424. The molecule has 20 heavy (non-hydrogen) atoms. The van der Waals surface area contributed by atoms with Gasteiger partial charge < -0.3 is 16.4 Å². The maximum absolute atomic E-state index is 11.7. The van der Waals surface area contributed by atoms with Crippen LogP contribution in [0.3, 0.4) is 0 Å². The third-order valence-corrected chi connectivity index (χ3v) is 2.93. The van der Waals surface area contributed by atoms with E-state index >= 15 is 0 Å². The Morgan fingerprint density at radius 1 is 1.15 bits per heavy atom. The number of rotatable bonds is 4. The van der Waals surface area contributed by atoms with Crippen LogP contribution in [0.1, 0.15) is 13.3 Å². The number of anilines is 1. The molecule has 0 heterocycles. The van der Waals surface area contributed by atoms with Crippen LogP contribution >= 0.6 is 0 Å². The number of hydrogen-bond acceptors (Lipinski definition) is 6. The summed E-state index contributed by atoms with van der Waals surface area (Å²) in [5.74, 6) is -0.760. The molecule has 110 valence electrons. The predicted molar refractivity (Wildman–Crippen MR) is 72.3 cm³/mol. The van der Waals surface area contributed by atoms with Crippen LogP contribution < -0.4 is 9.30 Å². The molecule has 0 aromatic heterocycles. The van der Waals surface area contributed by atoms with Crippen LogP contribution in [0.4, 0.5) is 5.69 Å². The molecule has 0 aliphatic heterocycles. The zero-order valence-electron chi connectivity index (χ0n) is 11.2. The van der Waals surface area contributed by atoms with E-state index in [1.807, 2.05) is 40.8 Å². The molecule has 0 aliphatic carbocycles. The standard InChI is InChI=1S/C12H14GeNO3.3H2O/c1-3-17-12(16)8-11(15)14(2)10-6-4-9(13)5-7-10;;;/h4-7H,3,8H2,1-2H3;3*1H2/q+3;;;/p-3. The van der Waals surface area contributed by atoms with Gasteiger partial charge in [-0.05, 0) is 0 Å². The van der Waals surface area contributed by atoms with Crippen LogP contribution in [-0.4, -0.2) is 58.5 Å². The van der Waals surface area contributed by atoms with E-state index in [4.69, 9.17) is 4.74 Å². The molecule has 1 aromatic rings. The molecule has 0 saturated heterocycles. The number of carbonyl (C=O) groups is 2. The SMILES string of the molecule is CCOC(=O)CC(=O)N(C)c1cc[c]([Ge+3])cc1.[OH-].[OH-].[OH-]. The van der Waals surface area contributed by atoms with Crippen molar-refractivity contribution in [1.29, 1.82) is 0 Å². The monoisotopic (exact) mass is 345 g/mol. The molecular formula is C12H17GeNO6. The number of esters is 1. The fourth-order valence-corrected chi connectivity index (χ4v) is 1.63. The Morgan fingerprint density at radius 3 is 2.10 bits per heavy atom. The van der Waals surface area contributed by atoms with Crippen LogP contribution in [0.25, 0.3) is 0 Å². The molecule has 0 unspecified atom stereocenters. The second-order valence-corrected chi connectivity index (χ2v) is 4.69. The second kappa shape index (κ2) is 11.4. The Labute approximate surface area is 126 Å². The van der Waals surface area contributed by atoms with Crippen LogP contribution in [0, 0.1) is 0 Å². The van der Waals surface area contributed by atoms with Gasteiger partial charge in [0.2, 0.25) is 0 Å². The summed E-state index contributed by atoms with van der Waals surface area (Å²) in [4.78, 5) is 24.4. The van der Waals surface area contributed by atoms with Gasteiger partial charge in [-0.25, -0.2) is 0 Å². The average molecular weight is 344 g/mol. The van der Waals surface area contributed by atoms with Crippen molar-refractivity contribution in [2.45, 2.75) is 13.3 Å². The summed E-state index contributed by atoms with van der Waals surface area (Å²) in [6.07, 6.45) is -0.224. The van der Waals surface area contributed by atoms with Gasteiger partial charge in [0.05, 0.1) is 0 Å². The predicted octanol–water partition coefficient (Wildman–Crippen LogP) is -0.134. The third kappa shape index (κ3) is 7.24. The van der Waals surface area contributed by atoms with Crippen molar-refractivity contribution in [3.05, 3.63) is 24.3 Å². The molecule has 1 aromatic carbocycles. The first kappa shape index (κ1) is 23.7. The normalized spacial score (nSPS) is 8.40. The van der Waals surface area contributed by atoms with Gasteiger partial charge in [0.15, 0.2) is 0 Å². The van der Waals surface area contributed by atoms with E-state index in [1.54, 1.807) is 14.0 Å². The molecule has 7 nitrogen and oxygen atoms in total. The van der Waals surface area contributed by atoms with Crippen molar-refractivity contribution in [2.24, 2.45) is 0 Å². The van der Waals surface area contributed by atoms with Crippen LogP contribution in [0.5, 0.6) is 0 Å². The minimum atomic E-state index is -0.489. The molecule has 0 saturated carbocycles. The van der Waals surface area contributed by atoms with Gasteiger partial charge in [0.25, 0.3) is 0 Å². The van der Waals surface area contributed by atoms with Crippen LogP contribution in [0.15, 0.2) is 24.3 Å². The van der Waals surface area contributed by atoms with Gasteiger partial charge in [0.1, 0.15) is 0 Å². The van der Waals surface area contributed by atoms with Gasteiger partial charge in [0, 0.05) is 0 Å². The molecular weight excluding hydrogens is 327 g/mol. The number of benzene rings is 1. The summed E-state index contributed by atoms with van der Waals surface area (Å²) in [5, 5.41) is 0. The maximum atomic E-state index is 11.7. The summed E-state index contributed by atoms with van der Waals surface area (Å²) in [6.45, 7) is 2.01. The van der Waals surface area contributed by atoms with E-state index in [0.717, 1.165) is 10.1 Å². The largest absolute Gasteiger partial charge is 0.870 e. The van der Waals surface area contributed by atoms with E-state index in [1.165, 1.54) is 4.90 Å². The first-order valence-electron chi connectivity index (χ1n) is 5.28. The summed E-state index contributed by atoms with van der Waals surface area (Å²) < 4.78 is 5.86. The molecule has 0 aliphatic rings. The van der Waals surface area contributed by atoms with Gasteiger partial charge in [-0.2, -0.15) is 0 Å². The number of hydrogen-bond donors (Lipinski definition) is 0. The Hall–Kier alpha value is -1.42. The molecule has 0 radical (unpaired) electrons. The molecule has 8 heteroatoms. The van der Waals surface area contributed by atoms with Gasteiger partial charge in [-0.15, -0.1) is 0 Å². The first-order chi connectivity index (χ1) is 8.04. The molecule has 1 rings (SSSR count). The average Bonchev–Trinajstić information content (AvgIpc) is 2.29. The number of amides is 1. The smallest absolute Gasteiger partial charge is 0.870 e. The van der Waals surface area contributed by atoms with Crippen molar-refractivity contribution in [1.82, 2.24) is 0 Å². The van der Waals surface area contributed by atoms with Gasteiger partial charge >= 0.3 is 109 Å². The topological polar surface area (TPSA) is 137 Å². The van der Waals surface area contributed by atoms with Crippen molar-refractivity contribution < 1.29 is 30.8 Å². The molecule has 0 fully saturated rings. The Morgan fingerprint density at radius 2 is 1.65 bits per heavy atom. The van der Waals surface area contributed by atoms with E-state index < -0.39 is 5.97 Å². The fraction of sp³-hybridized carbons (Fsp3) is 0.333. The van der Waals surface area contributed by atoms with E-state index in [9.17, 15) is 9.59 Å². The zero-order valence-corrected chi connectivity index (χ0v) is 13.3. The first-order valence-corrected chi connectivity index (χ1v) is 6.33. The summed E-state index contributed by atoms with van der Waals surface area (Å²) >= 11 is 1.98. The van der Waals surface area contributed by atoms with E-state index in [0.29, 0.717) is 6.61 Å². The number of nitrogens with zero attached hydrogens (tertiary/aromatic N) is 1. The van der Waals surface area contributed by atoms with E-state index in [-0.39, 0.29) is 28.8 Å². The Bertz CT molecular complexity index is 409. The molecule has 0 bridgehead atoms. The Balaban J connectivity index is -0.000000963. The molecule has 0 atom stereocenters. The summed E-state index contributed by atoms with van der Waals surface area (Å²) in [5.41, 5.74) is 0.768. The van der Waals surface area contributed by atoms with Crippen molar-refractivity contribution >= 4 is 38.5 Å². The second-order valence-electron chi connectivity index (χ2n) is 3.48. The summed E-state index contributed by atoms with van der Waals surface area (Å²) in [6, 6.07) is 7.53. The third-order valence-electron chi connectivity index (χ3n) is 2.23. The summed E-state index contributed by atoms with van der Waals surface area (Å²) in [7, 11) is 1.65. The number of ether oxygens (including phenoxy) is 1. The minimum Gasteiger partial charge on any atom is -0.870 e. The van der Waals surface area contributed by atoms with E-state index in [2.05, 4.69) is 0 Å². The fourth-order valence-electron chi connectivity index (χ4n) is 1.28. The molecule has 0 spiro atoms. The van der Waals surface area contributed by atoms with Crippen molar-refractivity contribution in [3.8, 4) is 0 Å². The maximum Gasteiger partial charge on any atom is -0.870 e.